The Morgan fingerprint density at radius 3 is 2.06 bits per heavy atom. The van der Waals surface area contributed by atoms with Gasteiger partial charge in [-0.2, -0.15) is 0 Å². The smallest absolute Gasteiger partial charge is 0.131 e. The molecule has 0 amide bonds. The van der Waals surface area contributed by atoms with E-state index >= 15 is 0 Å². The molecule has 0 saturated carbocycles. The van der Waals surface area contributed by atoms with Gasteiger partial charge >= 0.3 is 0 Å². The minimum atomic E-state index is -0.534. The van der Waals surface area contributed by atoms with Gasteiger partial charge in [-0.25, -0.2) is 8.78 Å². The highest BCUT2D eigenvalue weighted by Crippen LogP contribution is 2.26. The molecule has 0 aliphatic carbocycles. The van der Waals surface area contributed by atoms with Crippen molar-refractivity contribution in [2.75, 3.05) is 7.05 Å². The lowest BCUT2D eigenvalue weighted by atomic mass is 9.98. The molecule has 2 rings (SSSR count). The number of hydrogen-bond donors (Lipinski definition) is 1. The SMILES string of the molecule is CNC(c1ccc(I)cc1)c1c(F)cccc1F. The Morgan fingerprint density at radius 1 is 1.00 bits per heavy atom. The molecule has 4 heteroatoms. The molecule has 1 nitrogen and oxygen atoms in total. The van der Waals surface area contributed by atoms with Crippen LogP contribution in [0, 0.1) is 15.2 Å². The van der Waals surface area contributed by atoms with E-state index in [1.165, 1.54) is 18.2 Å². The lowest BCUT2D eigenvalue weighted by Gasteiger charge is -2.18. The molecule has 18 heavy (non-hydrogen) atoms. The maximum Gasteiger partial charge on any atom is 0.131 e. The third-order valence-corrected chi connectivity index (χ3v) is 3.50. The van der Waals surface area contributed by atoms with E-state index in [0.29, 0.717) is 0 Å². The summed E-state index contributed by atoms with van der Waals surface area (Å²) in [7, 11) is 1.69. The quantitative estimate of drug-likeness (QED) is 0.821. The molecule has 0 radical (unpaired) electrons. The van der Waals surface area contributed by atoms with Crippen LogP contribution in [-0.4, -0.2) is 7.05 Å². The molecule has 0 bridgehead atoms. The Bertz CT molecular complexity index is 520. The number of halogens is 3. The third-order valence-electron chi connectivity index (χ3n) is 2.78. The zero-order valence-corrected chi connectivity index (χ0v) is 11.9. The van der Waals surface area contributed by atoms with Gasteiger partial charge in [0, 0.05) is 9.13 Å². The van der Waals surface area contributed by atoms with Crippen LogP contribution in [0.2, 0.25) is 0 Å². The van der Waals surface area contributed by atoms with Gasteiger partial charge in [0.2, 0.25) is 0 Å². The average molecular weight is 359 g/mol. The number of benzene rings is 2. The summed E-state index contributed by atoms with van der Waals surface area (Å²) < 4.78 is 28.6. The van der Waals surface area contributed by atoms with Crippen molar-refractivity contribution in [3.8, 4) is 0 Å². The average Bonchev–Trinajstić information content (AvgIpc) is 2.35. The van der Waals surface area contributed by atoms with Crippen LogP contribution < -0.4 is 5.32 Å². The molecule has 0 aliphatic heterocycles. The molecule has 0 fully saturated rings. The zero-order chi connectivity index (χ0) is 13.1. The highest BCUT2D eigenvalue weighted by molar-refractivity contribution is 14.1. The fourth-order valence-electron chi connectivity index (χ4n) is 1.92. The Hall–Kier alpha value is -1.01. The summed E-state index contributed by atoms with van der Waals surface area (Å²) in [6.45, 7) is 0. The first kappa shape index (κ1) is 13.4. The number of rotatable bonds is 3. The summed E-state index contributed by atoms with van der Waals surface area (Å²) in [5.41, 5.74) is 0.892. The fourth-order valence-corrected chi connectivity index (χ4v) is 2.28. The van der Waals surface area contributed by atoms with Crippen molar-refractivity contribution in [1.82, 2.24) is 5.32 Å². The van der Waals surface area contributed by atoms with Crippen LogP contribution in [0.1, 0.15) is 17.2 Å². The van der Waals surface area contributed by atoms with E-state index in [9.17, 15) is 8.78 Å². The van der Waals surface area contributed by atoms with Crippen molar-refractivity contribution in [2.45, 2.75) is 6.04 Å². The van der Waals surface area contributed by atoms with E-state index in [0.717, 1.165) is 9.13 Å². The van der Waals surface area contributed by atoms with Gasteiger partial charge in [-0.3, -0.25) is 0 Å². The molecular weight excluding hydrogens is 347 g/mol. The van der Waals surface area contributed by atoms with Crippen LogP contribution in [0.4, 0.5) is 8.78 Å². The van der Waals surface area contributed by atoms with Gasteiger partial charge in [-0.1, -0.05) is 18.2 Å². The van der Waals surface area contributed by atoms with Gasteiger partial charge in [0.1, 0.15) is 11.6 Å². The second-order valence-electron chi connectivity index (χ2n) is 3.91. The Kier molecular flexibility index (Phi) is 4.29. The molecule has 2 aromatic carbocycles. The van der Waals surface area contributed by atoms with Crippen molar-refractivity contribution in [3.05, 3.63) is 68.8 Å². The minimum Gasteiger partial charge on any atom is -0.309 e. The Balaban J connectivity index is 2.48. The van der Waals surface area contributed by atoms with E-state index in [1.807, 2.05) is 24.3 Å². The molecule has 1 N–H and O–H groups in total. The molecule has 1 atom stereocenters. The summed E-state index contributed by atoms with van der Waals surface area (Å²) in [5.74, 6) is -1.07. The molecule has 1 unspecified atom stereocenters. The summed E-state index contributed by atoms with van der Waals surface area (Å²) in [6, 6.07) is 11.0. The van der Waals surface area contributed by atoms with Crippen LogP contribution in [0.15, 0.2) is 42.5 Å². The van der Waals surface area contributed by atoms with Crippen molar-refractivity contribution in [1.29, 1.82) is 0 Å². The van der Waals surface area contributed by atoms with E-state index in [4.69, 9.17) is 0 Å². The maximum absolute atomic E-state index is 13.8. The van der Waals surface area contributed by atoms with Crippen molar-refractivity contribution in [3.63, 3.8) is 0 Å². The van der Waals surface area contributed by atoms with E-state index in [-0.39, 0.29) is 5.56 Å². The monoisotopic (exact) mass is 359 g/mol. The topological polar surface area (TPSA) is 12.0 Å². The standard InChI is InChI=1S/C14H12F2IN/c1-18-14(9-5-7-10(17)8-6-9)13-11(15)3-2-4-12(13)16/h2-8,14,18H,1H3. The van der Waals surface area contributed by atoms with Crippen molar-refractivity contribution < 1.29 is 8.78 Å². The largest absolute Gasteiger partial charge is 0.309 e. The Morgan fingerprint density at radius 2 is 1.56 bits per heavy atom. The van der Waals surface area contributed by atoms with Gasteiger partial charge in [-0.15, -0.1) is 0 Å². The molecule has 0 aromatic heterocycles. The minimum absolute atomic E-state index is 0.0567. The van der Waals surface area contributed by atoms with Gasteiger partial charge in [0.25, 0.3) is 0 Å². The van der Waals surface area contributed by atoms with Crippen molar-refractivity contribution in [2.24, 2.45) is 0 Å². The summed E-state index contributed by atoms with van der Waals surface area (Å²) in [6.07, 6.45) is 0. The maximum atomic E-state index is 13.8. The number of nitrogens with one attached hydrogen (secondary N) is 1. The van der Waals surface area contributed by atoms with Gasteiger partial charge in [0.05, 0.1) is 6.04 Å². The first-order valence-corrected chi connectivity index (χ1v) is 6.58. The zero-order valence-electron chi connectivity index (χ0n) is 9.75. The first-order valence-electron chi connectivity index (χ1n) is 5.50. The van der Waals surface area contributed by atoms with Gasteiger partial charge < -0.3 is 5.32 Å². The predicted molar refractivity (Wildman–Crippen MR) is 76.4 cm³/mol. The fraction of sp³-hybridized carbons (Fsp3) is 0.143. The second-order valence-corrected chi connectivity index (χ2v) is 5.15. The molecular formula is C14H12F2IN. The summed E-state index contributed by atoms with van der Waals surface area (Å²) in [5, 5.41) is 2.95. The Labute approximate surface area is 118 Å². The molecule has 2 aromatic rings. The predicted octanol–water partition coefficient (Wildman–Crippen LogP) is 3.88. The van der Waals surface area contributed by atoms with E-state index < -0.39 is 17.7 Å². The van der Waals surface area contributed by atoms with Gasteiger partial charge in [-0.05, 0) is 59.5 Å². The lowest BCUT2D eigenvalue weighted by molar-refractivity contribution is 0.522. The molecule has 0 saturated heterocycles. The molecule has 94 valence electrons. The normalized spacial score (nSPS) is 12.4. The summed E-state index contributed by atoms with van der Waals surface area (Å²) >= 11 is 2.19. The van der Waals surface area contributed by atoms with Crippen LogP contribution >= 0.6 is 22.6 Å². The third kappa shape index (κ3) is 2.70. The molecule has 0 heterocycles. The van der Waals surface area contributed by atoms with Crippen LogP contribution in [0.25, 0.3) is 0 Å². The lowest BCUT2D eigenvalue weighted by Crippen LogP contribution is -2.20. The molecule has 0 spiro atoms. The van der Waals surface area contributed by atoms with E-state index in [1.54, 1.807) is 7.05 Å². The first-order chi connectivity index (χ1) is 8.63. The van der Waals surface area contributed by atoms with Gasteiger partial charge in [0.15, 0.2) is 0 Å². The second kappa shape index (κ2) is 5.75. The highest BCUT2D eigenvalue weighted by Gasteiger charge is 2.20. The highest BCUT2D eigenvalue weighted by atomic mass is 127. The van der Waals surface area contributed by atoms with Crippen LogP contribution in [-0.2, 0) is 0 Å². The summed E-state index contributed by atoms with van der Waals surface area (Å²) in [4.78, 5) is 0. The van der Waals surface area contributed by atoms with E-state index in [2.05, 4.69) is 27.9 Å². The van der Waals surface area contributed by atoms with Crippen LogP contribution in [0.5, 0.6) is 0 Å². The van der Waals surface area contributed by atoms with Crippen LogP contribution in [0.3, 0.4) is 0 Å². The molecule has 0 aliphatic rings. The van der Waals surface area contributed by atoms with Crippen molar-refractivity contribution >= 4 is 22.6 Å². The number of hydrogen-bond acceptors (Lipinski definition) is 1.